The van der Waals surface area contributed by atoms with Gasteiger partial charge in [0.2, 0.25) is 5.91 Å². The normalized spacial score (nSPS) is 10.3. The molecule has 1 N–H and O–H groups in total. The third-order valence-electron chi connectivity index (χ3n) is 3.44. The lowest BCUT2D eigenvalue weighted by Crippen LogP contribution is -2.41. The fourth-order valence-electron chi connectivity index (χ4n) is 2.14. The van der Waals surface area contributed by atoms with Crippen molar-refractivity contribution >= 4 is 28.3 Å². The summed E-state index contributed by atoms with van der Waals surface area (Å²) in [5.41, 5.74) is 0. The highest BCUT2D eigenvalue weighted by Crippen LogP contribution is 2.16. The standard InChI is InChI=1S/C18H23N3O3S/c1-3-4-10-21(12-16(22)20-18-19-11-14(2)25-18)17(23)13-24-15-8-6-5-7-9-15/h5-9,11H,3-4,10,12-13H2,1-2H3,(H,19,20,22). The van der Waals surface area contributed by atoms with Gasteiger partial charge in [-0.3, -0.25) is 9.59 Å². The van der Waals surface area contributed by atoms with E-state index in [1.807, 2.05) is 32.0 Å². The lowest BCUT2D eigenvalue weighted by atomic mass is 10.3. The maximum atomic E-state index is 12.4. The van der Waals surface area contributed by atoms with Gasteiger partial charge in [-0.05, 0) is 25.5 Å². The monoisotopic (exact) mass is 361 g/mol. The number of carbonyl (C=O) groups is 2. The van der Waals surface area contributed by atoms with Crippen molar-refractivity contribution in [3.8, 4) is 5.75 Å². The smallest absolute Gasteiger partial charge is 0.260 e. The third kappa shape index (κ3) is 6.54. The summed E-state index contributed by atoms with van der Waals surface area (Å²) in [6.07, 6.45) is 3.48. The number of nitrogens with one attached hydrogen (secondary N) is 1. The number of nitrogens with zero attached hydrogens (tertiary/aromatic N) is 2. The van der Waals surface area contributed by atoms with Crippen molar-refractivity contribution in [2.45, 2.75) is 26.7 Å². The number of benzene rings is 1. The Labute approximate surface area is 151 Å². The molecule has 0 aliphatic heterocycles. The van der Waals surface area contributed by atoms with E-state index in [4.69, 9.17) is 4.74 Å². The Kier molecular flexibility index (Phi) is 7.40. The maximum absolute atomic E-state index is 12.4. The van der Waals surface area contributed by atoms with Crippen LogP contribution in [0.25, 0.3) is 0 Å². The van der Waals surface area contributed by atoms with E-state index < -0.39 is 0 Å². The third-order valence-corrected chi connectivity index (χ3v) is 4.27. The fraction of sp³-hybridized carbons (Fsp3) is 0.389. The zero-order valence-electron chi connectivity index (χ0n) is 14.5. The van der Waals surface area contributed by atoms with Crippen LogP contribution in [-0.4, -0.2) is 41.4 Å². The van der Waals surface area contributed by atoms with Crippen LogP contribution in [0.1, 0.15) is 24.6 Å². The van der Waals surface area contributed by atoms with E-state index in [-0.39, 0.29) is 25.0 Å². The molecule has 0 aliphatic carbocycles. The molecule has 7 heteroatoms. The molecule has 6 nitrogen and oxygen atoms in total. The van der Waals surface area contributed by atoms with E-state index in [0.29, 0.717) is 17.4 Å². The van der Waals surface area contributed by atoms with Gasteiger partial charge in [-0.2, -0.15) is 0 Å². The number of unbranched alkanes of at least 4 members (excludes halogenated alkanes) is 1. The minimum Gasteiger partial charge on any atom is -0.484 e. The molecule has 0 aliphatic rings. The Hall–Kier alpha value is -2.41. The predicted molar refractivity (Wildman–Crippen MR) is 98.9 cm³/mol. The number of rotatable bonds is 9. The Bertz CT molecular complexity index is 688. The van der Waals surface area contributed by atoms with E-state index in [0.717, 1.165) is 17.7 Å². The van der Waals surface area contributed by atoms with Crippen LogP contribution in [0, 0.1) is 6.92 Å². The van der Waals surface area contributed by atoms with Crippen molar-refractivity contribution in [3.05, 3.63) is 41.4 Å². The molecule has 1 aromatic heterocycles. The summed E-state index contributed by atoms with van der Waals surface area (Å²) in [7, 11) is 0. The van der Waals surface area contributed by atoms with E-state index in [2.05, 4.69) is 10.3 Å². The summed E-state index contributed by atoms with van der Waals surface area (Å²) in [5.74, 6) is 0.176. The fourth-order valence-corrected chi connectivity index (χ4v) is 2.82. The van der Waals surface area contributed by atoms with Crippen molar-refractivity contribution in [2.75, 3.05) is 25.0 Å². The molecule has 2 rings (SSSR count). The van der Waals surface area contributed by atoms with E-state index in [9.17, 15) is 9.59 Å². The van der Waals surface area contributed by atoms with Crippen LogP contribution in [0.15, 0.2) is 36.5 Å². The number of hydrogen-bond acceptors (Lipinski definition) is 5. The average molecular weight is 361 g/mol. The quantitative estimate of drug-likeness (QED) is 0.745. The number of amides is 2. The van der Waals surface area contributed by atoms with Gasteiger partial charge in [0.15, 0.2) is 11.7 Å². The summed E-state index contributed by atoms with van der Waals surface area (Å²) < 4.78 is 5.50. The Morgan fingerprint density at radius 2 is 2.04 bits per heavy atom. The second-order valence-electron chi connectivity index (χ2n) is 5.59. The molecule has 0 unspecified atom stereocenters. The Morgan fingerprint density at radius 1 is 1.28 bits per heavy atom. The van der Waals surface area contributed by atoms with Crippen molar-refractivity contribution in [1.29, 1.82) is 0 Å². The van der Waals surface area contributed by atoms with Crippen LogP contribution in [0.3, 0.4) is 0 Å². The largest absolute Gasteiger partial charge is 0.484 e. The number of ether oxygens (including phenoxy) is 1. The summed E-state index contributed by atoms with van der Waals surface area (Å²) in [5, 5.41) is 3.28. The zero-order chi connectivity index (χ0) is 18.1. The van der Waals surface area contributed by atoms with Crippen molar-refractivity contribution in [3.63, 3.8) is 0 Å². The van der Waals surface area contributed by atoms with Gasteiger partial charge < -0.3 is 15.0 Å². The summed E-state index contributed by atoms with van der Waals surface area (Å²) in [6, 6.07) is 9.16. The molecule has 0 radical (unpaired) electrons. The summed E-state index contributed by atoms with van der Waals surface area (Å²) in [4.78, 5) is 31.3. The van der Waals surface area contributed by atoms with Gasteiger partial charge in [-0.25, -0.2) is 4.98 Å². The van der Waals surface area contributed by atoms with E-state index in [1.165, 1.54) is 16.2 Å². The minimum absolute atomic E-state index is 0.00435. The first-order chi connectivity index (χ1) is 12.1. The molecule has 1 aromatic carbocycles. The molecular weight excluding hydrogens is 338 g/mol. The lowest BCUT2D eigenvalue weighted by Gasteiger charge is -2.22. The van der Waals surface area contributed by atoms with Gasteiger partial charge in [0.05, 0.1) is 0 Å². The van der Waals surface area contributed by atoms with Gasteiger partial charge in [-0.15, -0.1) is 11.3 Å². The molecule has 0 bridgehead atoms. The van der Waals surface area contributed by atoms with Crippen LogP contribution < -0.4 is 10.1 Å². The highest BCUT2D eigenvalue weighted by Gasteiger charge is 2.18. The van der Waals surface area contributed by atoms with Gasteiger partial charge >= 0.3 is 0 Å². The molecular formula is C18H23N3O3S. The Balaban J connectivity index is 1.89. The lowest BCUT2D eigenvalue weighted by molar-refractivity contribution is -0.136. The molecule has 1 heterocycles. The van der Waals surface area contributed by atoms with Crippen LogP contribution in [0.4, 0.5) is 5.13 Å². The molecule has 25 heavy (non-hydrogen) atoms. The molecule has 0 saturated heterocycles. The predicted octanol–water partition coefficient (Wildman–Crippen LogP) is 3.10. The highest BCUT2D eigenvalue weighted by atomic mass is 32.1. The molecule has 2 amide bonds. The highest BCUT2D eigenvalue weighted by molar-refractivity contribution is 7.15. The van der Waals surface area contributed by atoms with Crippen molar-refractivity contribution in [1.82, 2.24) is 9.88 Å². The molecule has 134 valence electrons. The second kappa shape index (κ2) is 9.78. The number of anilines is 1. The average Bonchev–Trinajstić information content (AvgIpc) is 3.02. The van der Waals surface area contributed by atoms with Crippen LogP contribution in [-0.2, 0) is 9.59 Å². The number of aryl methyl sites for hydroxylation is 1. The first kappa shape index (κ1) is 18.9. The van der Waals surface area contributed by atoms with Crippen LogP contribution in [0.2, 0.25) is 0 Å². The van der Waals surface area contributed by atoms with Gasteiger partial charge in [-0.1, -0.05) is 31.5 Å². The Morgan fingerprint density at radius 3 is 2.68 bits per heavy atom. The topological polar surface area (TPSA) is 71.5 Å². The first-order valence-corrected chi connectivity index (χ1v) is 9.08. The SMILES string of the molecule is CCCCN(CC(=O)Nc1ncc(C)s1)C(=O)COc1ccccc1. The number of aromatic nitrogens is 1. The number of hydrogen-bond donors (Lipinski definition) is 1. The van der Waals surface area contributed by atoms with Gasteiger partial charge in [0, 0.05) is 17.6 Å². The molecule has 0 spiro atoms. The molecule has 0 atom stereocenters. The van der Waals surface area contributed by atoms with E-state index in [1.54, 1.807) is 18.3 Å². The van der Waals surface area contributed by atoms with Crippen LogP contribution >= 0.6 is 11.3 Å². The van der Waals surface area contributed by atoms with Crippen LogP contribution in [0.5, 0.6) is 5.75 Å². The van der Waals surface area contributed by atoms with Crippen molar-refractivity contribution in [2.24, 2.45) is 0 Å². The summed E-state index contributed by atoms with van der Waals surface area (Å²) in [6.45, 7) is 4.40. The zero-order valence-corrected chi connectivity index (χ0v) is 15.3. The van der Waals surface area contributed by atoms with Crippen molar-refractivity contribution < 1.29 is 14.3 Å². The second-order valence-corrected chi connectivity index (χ2v) is 6.83. The minimum atomic E-state index is -0.251. The van der Waals surface area contributed by atoms with Gasteiger partial charge in [0.1, 0.15) is 12.3 Å². The first-order valence-electron chi connectivity index (χ1n) is 8.26. The number of thiazole rings is 1. The molecule has 0 saturated carbocycles. The molecule has 0 fully saturated rings. The van der Waals surface area contributed by atoms with Gasteiger partial charge in [0.25, 0.3) is 5.91 Å². The number of carbonyl (C=O) groups excluding carboxylic acids is 2. The molecule has 2 aromatic rings. The maximum Gasteiger partial charge on any atom is 0.260 e. The number of para-hydroxylation sites is 1. The van der Waals surface area contributed by atoms with E-state index >= 15 is 0 Å². The summed E-state index contributed by atoms with van der Waals surface area (Å²) >= 11 is 1.41.